The standard InChI is InChI=1S/C19H31N3O.ClH/c1-16(2)18(15-17-7-4-3-5-8-17)19(23)21-9-6-12-22-13-10-20-11-14-22;/h3-5,7-8,16,18,20H,6,9-15H2,1-2H3,(H,21,23);1H. The van der Waals surface area contributed by atoms with Gasteiger partial charge >= 0.3 is 0 Å². The number of nitrogens with zero attached hydrogens (tertiary/aromatic N) is 1. The van der Waals surface area contributed by atoms with Crippen molar-refractivity contribution >= 4 is 18.3 Å². The fraction of sp³-hybridized carbons (Fsp3) is 0.632. The highest BCUT2D eigenvalue weighted by atomic mass is 35.5. The molecule has 1 unspecified atom stereocenters. The largest absolute Gasteiger partial charge is 0.356 e. The summed E-state index contributed by atoms with van der Waals surface area (Å²) in [7, 11) is 0. The molecule has 4 nitrogen and oxygen atoms in total. The van der Waals surface area contributed by atoms with Crippen molar-refractivity contribution in [2.45, 2.75) is 26.7 Å². The average Bonchev–Trinajstić information content (AvgIpc) is 2.58. The van der Waals surface area contributed by atoms with Gasteiger partial charge in [-0.15, -0.1) is 12.4 Å². The van der Waals surface area contributed by atoms with Crippen molar-refractivity contribution in [3.8, 4) is 0 Å². The SMILES string of the molecule is CC(C)C(Cc1ccccc1)C(=O)NCCCN1CCNCC1.Cl. The molecule has 0 aliphatic carbocycles. The Labute approximate surface area is 152 Å². The monoisotopic (exact) mass is 353 g/mol. The molecule has 0 saturated carbocycles. The van der Waals surface area contributed by atoms with Crippen molar-refractivity contribution in [1.82, 2.24) is 15.5 Å². The minimum absolute atomic E-state index is 0. The number of benzene rings is 1. The van der Waals surface area contributed by atoms with Gasteiger partial charge in [0.1, 0.15) is 0 Å². The predicted molar refractivity (Wildman–Crippen MR) is 103 cm³/mol. The fourth-order valence-corrected chi connectivity index (χ4v) is 3.08. The van der Waals surface area contributed by atoms with Gasteiger partial charge in [-0.2, -0.15) is 0 Å². The van der Waals surface area contributed by atoms with Crippen LogP contribution >= 0.6 is 12.4 Å². The number of carbonyl (C=O) groups is 1. The lowest BCUT2D eigenvalue weighted by molar-refractivity contribution is -0.126. The molecule has 0 bridgehead atoms. The van der Waals surface area contributed by atoms with Crippen molar-refractivity contribution in [2.75, 3.05) is 39.3 Å². The summed E-state index contributed by atoms with van der Waals surface area (Å²) in [6.45, 7) is 10.5. The van der Waals surface area contributed by atoms with Crippen LogP contribution in [0.4, 0.5) is 0 Å². The average molecular weight is 354 g/mol. The Hall–Kier alpha value is -1.10. The Bertz CT molecular complexity index is 461. The molecule has 136 valence electrons. The van der Waals surface area contributed by atoms with E-state index in [2.05, 4.69) is 41.5 Å². The highest BCUT2D eigenvalue weighted by molar-refractivity contribution is 5.85. The summed E-state index contributed by atoms with van der Waals surface area (Å²) < 4.78 is 0. The lowest BCUT2D eigenvalue weighted by Crippen LogP contribution is -2.44. The van der Waals surface area contributed by atoms with Crippen LogP contribution in [0.25, 0.3) is 0 Å². The third kappa shape index (κ3) is 7.20. The number of hydrogen-bond donors (Lipinski definition) is 2. The summed E-state index contributed by atoms with van der Waals surface area (Å²) in [6, 6.07) is 10.3. The third-order valence-corrected chi connectivity index (χ3v) is 4.60. The molecule has 1 saturated heterocycles. The first-order valence-corrected chi connectivity index (χ1v) is 8.91. The summed E-state index contributed by atoms with van der Waals surface area (Å²) >= 11 is 0. The smallest absolute Gasteiger partial charge is 0.223 e. The second kappa shape index (κ2) is 11.5. The zero-order chi connectivity index (χ0) is 16.5. The van der Waals surface area contributed by atoms with Crippen molar-refractivity contribution in [3.05, 3.63) is 35.9 Å². The molecule has 5 heteroatoms. The summed E-state index contributed by atoms with van der Waals surface area (Å²) in [4.78, 5) is 15.0. The first kappa shape index (κ1) is 20.9. The second-order valence-corrected chi connectivity index (χ2v) is 6.78. The minimum Gasteiger partial charge on any atom is -0.356 e. The van der Waals surface area contributed by atoms with Crippen LogP contribution in [0.1, 0.15) is 25.8 Å². The van der Waals surface area contributed by atoms with E-state index < -0.39 is 0 Å². The summed E-state index contributed by atoms with van der Waals surface area (Å²) in [5, 5.41) is 6.51. The van der Waals surface area contributed by atoms with E-state index in [1.54, 1.807) is 0 Å². The van der Waals surface area contributed by atoms with E-state index in [-0.39, 0.29) is 24.2 Å². The van der Waals surface area contributed by atoms with Crippen LogP contribution in [0.5, 0.6) is 0 Å². The molecule has 1 aliphatic rings. The molecule has 1 heterocycles. The van der Waals surface area contributed by atoms with E-state index in [9.17, 15) is 4.79 Å². The van der Waals surface area contributed by atoms with Gasteiger partial charge in [0.2, 0.25) is 5.91 Å². The van der Waals surface area contributed by atoms with Crippen molar-refractivity contribution in [1.29, 1.82) is 0 Å². The highest BCUT2D eigenvalue weighted by Crippen LogP contribution is 2.17. The second-order valence-electron chi connectivity index (χ2n) is 6.78. The summed E-state index contributed by atoms with van der Waals surface area (Å²) in [5.74, 6) is 0.601. The Morgan fingerprint density at radius 3 is 2.50 bits per heavy atom. The maximum Gasteiger partial charge on any atom is 0.223 e. The van der Waals surface area contributed by atoms with Crippen molar-refractivity contribution in [2.24, 2.45) is 11.8 Å². The molecular formula is C19H32ClN3O. The van der Waals surface area contributed by atoms with Crippen LogP contribution < -0.4 is 10.6 Å². The van der Waals surface area contributed by atoms with E-state index in [1.807, 2.05) is 18.2 Å². The first-order chi connectivity index (χ1) is 11.2. The minimum atomic E-state index is 0. The lowest BCUT2D eigenvalue weighted by Gasteiger charge is -2.27. The highest BCUT2D eigenvalue weighted by Gasteiger charge is 2.22. The molecule has 0 spiro atoms. The first-order valence-electron chi connectivity index (χ1n) is 8.91. The lowest BCUT2D eigenvalue weighted by atomic mass is 9.88. The predicted octanol–water partition coefficient (Wildman–Crippen LogP) is 2.33. The topological polar surface area (TPSA) is 44.4 Å². The van der Waals surface area contributed by atoms with Crippen molar-refractivity contribution < 1.29 is 4.79 Å². The van der Waals surface area contributed by atoms with Crippen LogP contribution in [-0.2, 0) is 11.2 Å². The van der Waals surface area contributed by atoms with E-state index >= 15 is 0 Å². The molecule has 2 rings (SSSR count). The van der Waals surface area contributed by atoms with Crippen molar-refractivity contribution in [3.63, 3.8) is 0 Å². The van der Waals surface area contributed by atoms with Gasteiger partial charge in [0.25, 0.3) is 0 Å². The van der Waals surface area contributed by atoms with Crippen LogP contribution in [0, 0.1) is 11.8 Å². The molecule has 1 aliphatic heterocycles. The maximum atomic E-state index is 12.5. The zero-order valence-corrected chi connectivity index (χ0v) is 15.8. The van der Waals surface area contributed by atoms with Gasteiger partial charge in [-0.3, -0.25) is 4.79 Å². The van der Waals surface area contributed by atoms with Gasteiger partial charge in [0.05, 0.1) is 0 Å². The van der Waals surface area contributed by atoms with E-state index in [4.69, 9.17) is 0 Å². The fourth-order valence-electron chi connectivity index (χ4n) is 3.08. The number of piperazine rings is 1. The molecule has 24 heavy (non-hydrogen) atoms. The van der Waals surface area contributed by atoms with Crippen LogP contribution in [0.15, 0.2) is 30.3 Å². The quantitative estimate of drug-likeness (QED) is 0.705. The molecule has 1 fully saturated rings. The molecule has 1 aromatic carbocycles. The molecule has 1 amide bonds. The number of carbonyl (C=O) groups excluding carboxylic acids is 1. The molecule has 0 aromatic heterocycles. The molecule has 1 aromatic rings. The van der Waals surface area contributed by atoms with Gasteiger partial charge in [0, 0.05) is 38.6 Å². The maximum absolute atomic E-state index is 12.5. The van der Waals surface area contributed by atoms with Gasteiger partial charge in [-0.05, 0) is 30.9 Å². The summed E-state index contributed by atoms with van der Waals surface area (Å²) in [6.07, 6.45) is 1.85. The Balaban J connectivity index is 0.00000288. The van der Waals surface area contributed by atoms with Crippen LogP contribution in [0.2, 0.25) is 0 Å². The Kier molecular flexibility index (Phi) is 9.99. The van der Waals surface area contributed by atoms with E-state index in [1.165, 1.54) is 5.56 Å². The zero-order valence-electron chi connectivity index (χ0n) is 15.0. The normalized spacial score (nSPS) is 16.5. The van der Waals surface area contributed by atoms with E-state index in [0.717, 1.165) is 52.1 Å². The molecular weight excluding hydrogens is 322 g/mol. The van der Waals surface area contributed by atoms with E-state index in [0.29, 0.717) is 5.92 Å². The molecule has 1 atom stereocenters. The molecule has 0 radical (unpaired) electrons. The number of amides is 1. The Morgan fingerprint density at radius 2 is 1.88 bits per heavy atom. The summed E-state index contributed by atoms with van der Waals surface area (Å²) in [5.41, 5.74) is 1.24. The van der Waals surface area contributed by atoms with Gasteiger partial charge in [-0.25, -0.2) is 0 Å². The van der Waals surface area contributed by atoms with Gasteiger partial charge in [0.15, 0.2) is 0 Å². The number of hydrogen-bond acceptors (Lipinski definition) is 3. The number of nitrogens with one attached hydrogen (secondary N) is 2. The van der Waals surface area contributed by atoms with Crippen LogP contribution in [0.3, 0.4) is 0 Å². The number of halogens is 1. The number of rotatable bonds is 8. The van der Waals surface area contributed by atoms with Gasteiger partial charge in [-0.1, -0.05) is 44.2 Å². The van der Waals surface area contributed by atoms with Gasteiger partial charge < -0.3 is 15.5 Å². The Morgan fingerprint density at radius 1 is 1.21 bits per heavy atom. The molecule has 2 N–H and O–H groups in total. The van der Waals surface area contributed by atoms with Crippen LogP contribution in [-0.4, -0.2) is 50.1 Å². The third-order valence-electron chi connectivity index (χ3n) is 4.60.